The van der Waals surface area contributed by atoms with Gasteiger partial charge >= 0.3 is 0 Å². The Morgan fingerprint density at radius 3 is 1.35 bits per heavy atom. The molecule has 1 heteroatoms. The summed E-state index contributed by atoms with van der Waals surface area (Å²) in [6, 6.07) is 6.38. The van der Waals surface area contributed by atoms with Crippen LogP contribution in [0.3, 0.4) is 0 Å². The zero-order valence-electron chi connectivity index (χ0n) is 12.2. The van der Waals surface area contributed by atoms with E-state index in [1.807, 2.05) is 13.8 Å². The van der Waals surface area contributed by atoms with Crippen molar-refractivity contribution in [2.24, 2.45) is 0 Å². The van der Waals surface area contributed by atoms with E-state index in [0.717, 1.165) is 0 Å². The Morgan fingerprint density at radius 1 is 0.765 bits per heavy atom. The molecule has 0 spiro atoms. The van der Waals surface area contributed by atoms with Crippen LogP contribution in [0.5, 0.6) is 0 Å². The maximum absolute atomic E-state index is 3.19. The minimum atomic E-state index is 0.157. The summed E-state index contributed by atoms with van der Waals surface area (Å²) in [5.41, 5.74) is 0.157. The van der Waals surface area contributed by atoms with E-state index in [9.17, 15) is 0 Å². The molecule has 0 rings (SSSR count). The SMILES string of the molecule is CC#CN(C#CC)C(CCC)(CCC)CCC. The molecule has 0 aromatic heterocycles. The van der Waals surface area contributed by atoms with Crippen molar-refractivity contribution in [3.63, 3.8) is 0 Å². The highest BCUT2D eigenvalue weighted by Gasteiger charge is 2.32. The second-order valence-electron chi connectivity index (χ2n) is 4.53. The molecule has 0 unspecified atom stereocenters. The Balaban J connectivity index is 5.25. The third-order valence-corrected chi connectivity index (χ3v) is 3.07. The van der Waals surface area contributed by atoms with Gasteiger partial charge in [-0.25, -0.2) is 0 Å². The van der Waals surface area contributed by atoms with E-state index < -0.39 is 0 Å². The van der Waals surface area contributed by atoms with Gasteiger partial charge in [-0.3, -0.25) is 4.90 Å². The number of rotatable bonds is 7. The van der Waals surface area contributed by atoms with Crippen LogP contribution in [0.25, 0.3) is 0 Å². The molecule has 96 valence electrons. The van der Waals surface area contributed by atoms with Gasteiger partial charge in [0, 0.05) is 12.1 Å². The summed E-state index contributed by atoms with van der Waals surface area (Å²) in [6.07, 6.45) is 7.10. The first-order valence-electron chi connectivity index (χ1n) is 6.85. The molecule has 0 saturated carbocycles. The molecule has 0 aliphatic carbocycles. The van der Waals surface area contributed by atoms with Crippen molar-refractivity contribution in [3.05, 3.63) is 0 Å². The first-order chi connectivity index (χ1) is 8.20. The highest BCUT2D eigenvalue weighted by Crippen LogP contribution is 2.31. The Bertz CT molecular complexity index is 271. The molecule has 17 heavy (non-hydrogen) atoms. The zero-order valence-corrected chi connectivity index (χ0v) is 12.2. The van der Waals surface area contributed by atoms with Crippen molar-refractivity contribution < 1.29 is 0 Å². The van der Waals surface area contributed by atoms with Gasteiger partial charge in [-0.2, -0.15) is 0 Å². The lowest BCUT2D eigenvalue weighted by atomic mass is 9.83. The van der Waals surface area contributed by atoms with Gasteiger partial charge in [0.25, 0.3) is 0 Å². The quantitative estimate of drug-likeness (QED) is 0.465. The van der Waals surface area contributed by atoms with Crippen LogP contribution < -0.4 is 0 Å². The minimum absolute atomic E-state index is 0.157. The first-order valence-corrected chi connectivity index (χ1v) is 6.85. The normalized spacial score (nSPS) is 9.94. The fourth-order valence-corrected chi connectivity index (χ4v) is 2.60. The van der Waals surface area contributed by atoms with E-state index in [1.54, 1.807) is 0 Å². The van der Waals surface area contributed by atoms with Gasteiger partial charge in [-0.1, -0.05) is 51.9 Å². The third kappa shape index (κ3) is 4.74. The fraction of sp³-hybridized carbons (Fsp3) is 0.750. The maximum Gasteiger partial charge on any atom is 0.0619 e. The largest absolute Gasteiger partial charge is 0.254 e. The summed E-state index contributed by atoms with van der Waals surface area (Å²) in [5, 5.41) is 0. The third-order valence-electron chi connectivity index (χ3n) is 3.07. The molecule has 0 aromatic carbocycles. The molecule has 0 aliphatic rings. The van der Waals surface area contributed by atoms with Gasteiger partial charge in [0.2, 0.25) is 0 Å². The monoisotopic (exact) mass is 233 g/mol. The van der Waals surface area contributed by atoms with Crippen LogP contribution in [0.4, 0.5) is 0 Å². The highest BCUT2D eigenvalue weighted by atomic mass is 15.2. The molecule has 0 fully saturated rings. The molecule has 0 aliphatic heterocycles. The van der Waals surface area contributed by atoms with Crippen LogP contribution in [-0.4, -0.2) is 10.4 Å². The summed E-state index contributed by atoms with van der Waals surface area (Å²) in [7, 11) is 0. The summed E-state index contributed by atoms with van der Waals surface area (Å²) < 4.78 is 0. The second-order valence-corrected chi connectivity index (χ2v) is 4.53. The minimum Gasteiger partial charge on any atom is -0.254 e. The van der Waals surface area contributed by atoms with Crippen molar-refractivity contribution >= 4 is 0 Å². The van der Waals surface area contributed by atoms with E-state index in [-0.39, 0.29) is 5.54 Å². The van der Waals surface area contributed by atoms with Crippen molar-refractivity contribution in [3.8, 4) is 23.9 Å². The number of hydrogen-bond donors (Lipinski definition) is 0. The van der Waals surface area contributed by atoms with Gasteiger partial charge in [0.15, 0.2) is 0 Å². The van der Waals surface area contributed by atoms with E-state index in [4.69, 9.17) is 0 Å². The predicted molar refractivity (Wildman–Crippen MR) is 76.2 cm³/mol. The topological polar surface area (TPSA) is 3.24 Å². The first kappa shape index (κ1) is 15.9. The van der Waals surface area contributed by atoms with Crippen LogP contribution in [0, 0.1) is 23.9 Å². The Hall–Kier alpha value is -1.08. The predicted octanol–water partition coefficient (Wildman–Crippen LogP) is 4.39. The number of nitrogens with zero attached hydrogens (tertiary/aromatic N) is 1. The lowest BCUT2D eigenvalue weighted by Gasteiger charge is -2.38. The summed E-state index contributed by atoms with van der Waals surface area (Å²) in [4.78, 5) is 2.09. The molecular weight excluding hydrogens is 206 g/mol. The molecule has 0 atom stereocenters. The van der Waals surface area contributed by atoms with Crippen LogP contribution in [0.1, 0.15) is 73.1 Å². The molecule has 0 radical (unpaired) electrons. The Labute approximate surface area is 108 Å². The van der Waals surface area contributed by atoms with Gasteiger partial charge in [0.05, 0.1) is 5.54 Å². The van der Waals surface area contributed by atoms with Crippen LogP contribution in [-0.2, 0) is 0 Å². The van der Waals surface area contributed by atoms with Crippen molar-refractivity contribution in [2.45, 2.75) is 78.7 Å². The standard InChI is InChI=1S/C16H27N/c1-6-11-16(12-7-2,13-8-3)17(14-9-4)15-10-5/h6-8,11-13H2,1-5H3. The Morgan fingerprint density at radius 2 is 1.12 bits per heavy atom. The molecular formula is C16H27N. The van der Waals surface area contributed by atoms with Gasteiger partial charge in [-0.15, -0.1) is 0 Å². The van der Waals surface area contributed by atoms with E-state index >= 15 is 0 Å². The van der Waals surface area contributed by atoms with Gasteiger partial charge < -0.3 is 0 Å². The van der Waals surface area contributed by atoms with Crippen LogP contribution in [0.2, 0.25) is 0 Å². The van der Waals surface area contributed by atoms with Gasteiger partial charge in [-0.05, 0) is 33.1 Å². The average Bonchev–Trinajstić information content (AvgIpc) is 2.29. The van der Waals surface area contributed by atoms with E-state index in [2.05, 4.69) is 49.6 Å². The maximum atomic E-state index is 3.19. The number of hydrogen-bond acceptors (Lipinski definition) is 1. The highest BCUT2D eigenvalue weighted by molar-refractivity contribution is 5.14. The van der Waals surface area contributed by atoms with E-state index in [1.165, 1.54) is 38.5 Å². The fourth-order valence-electron chi connectivity index (χ4n) is 2.60. The second kappa shape index (κ2) is 9.00. The van der Waals surface area contributed by atoms with Crippen molar-refractivity contribution in [1.29, 1.82) is 0 Å². The summed E-state index contributed by atoms with van der Waals surface area (Å²) in [5.74, 6) is 6.01. The van der Waals surface area contributed by atoms with Gasteiger partial charge in [0.1, 0.15) is 0 Å². The average molecular weight is 233 g/mol. The van der Waals surface area contributed by atoms with Crippen LogP contribution in [0.15, 0.2) is 0 Å². The molecule has 0 saturated heterocycles. The summed E-state index contributed by atoms with van der Waals surface area (Å²) >= 11 is 0. The zero-order chi connectivity index (χ0) is 13.1. The lowest BCUT2D eigenvalue weighted by molar-refractivity contribution is 0.173. The van der Waals surface area contributed by atoms with Crippen molar-refractivity contribution in [1.82, 2.24) is 4.90 Å². The summed E-state index contributed by atoms with van der Waals surface area (Å²) in [6.45, 7) is 10.5. The van der Waals surface area contributed by atoms with Crippen LogP contribution >= 0.6 is 0 Å². The lowest BCUT2D eigenvalue weighted by Crippen LogP contribution is -2.43. The molecule has 0 bridgehead atoms. The molecule has 0 amide bonds. The molecule has 0 heterocycles. The molecule has 0 N–H and O–H groups in total. The Kier molecular flexibility index (Phi) is 8.43. The van der Waals surface area contributed by atoms with E-state index in [0.29, 0.717) is 0 Å². The molecule has 0 aromatic rings. The smallest absolute Gasteiger partial charge is 0.0619 e. The van der Waals surface area contributed by atoms with Crippen molar-refractivity contribution in [2.75, 3.05) is 0 Å². The molecule has 1 nitrogen and oxygen atoms in total.